The zero-order chi connectivity index (χ0) is 23.5. The molecule has 0 fully saturated rings. The van der Waals surface area contributed by atoms with E-state index in [1.807, 2.05) is 23.0 Å². The second-order valence-electron chi connectivity index (χ2n) is 9.14. The molecule has 6 nitrogen and oxygen atoms in total. The molecule has 0 spiro atoms. The number of hydrogen-bond donors (Lipinski definition) is 3. The van der Waals surface area contributed by atoms with Crippen molar-refractivity contribution in [3.63, 3.8) is 0 Å². The number of aromatic amines is 1. The van der Waals surface area contributed by atoms with Gasteiger partial charge in [0.25, 0.3) is 0 Å². The molecule has 1 aliphatic heterocycles. The van der Waals surface area contributed by atoms with Crippen LogP contribution in [0, 0.1) is 0 Å². The zero-order valence-corrected chi connectivity index (χ0v) is 19.5. The lowest BCUT2D eigenvalue weighted by Crippen LogP contribution is -2.29. The van der Waals surface area contributed by atoms with Gasteiger partial charge in [0.05, 0.1) is 11.9 Å². The summed E-state index contributed by atoms with van der Waals surface area (Å²) >= 11 is 0. The molecule has 2 unspecified atom stereocenters. The van der Waals surface area contributed by atoms with E-state index in [0.717, 1.165) is 48.7 Å². The third-order valence-electron chi connectivity index (χ3n) is 6.83. The first-order valence-electron chi connectivity index (χ1n) is 12.1. The van der Waals surface area contributed by atoms with Crippen molar-refractivity contribution >= 4 is 16.8 Å². The van der Waals surface area contributed by atoms with Gasteiger partial charge in [0.15, 0.2) is 0 Å². The van der Waals surface area contributed by atoms with E-state index in [1.165, 1.54) is 16.7 Å². The molecule has 1 amide bonds. The predicted molar refractivity (Wildman–Crippen MR) is 136 cm³/mol. The molecule has 34 heavy (non-hydrogen) atoms. The SMILES string of the molecule is CCc1cccc(-n2cc(CCCC3CC(c4c[nH]c5ccc(C(N)=O)cc45)C=CN3)cn2)c1. The van der Waals surface area contributed by atoms with Gasteiger partial charge in [0.2, 0.25) is 5.91 Å². The maximum Gasteiger partial charge on any atom is 0.248 e. The average Bonchev–Trinajstić information content (AvgIpc) is 3.51. The summed E-state index contributed by atoms with van der Waals surface area (Å²) in [6.45, 7) is 2.17. The number of H-pyrrole nitrogens is 1. The Bertz CT molecular complexity index is 1330. The van der Waals surface area contributed by atoms with Crippen molar-refractivity contribution < 1.29 is 4.79 Å². The second-order valence-corrected chi connectivity index (χ2v) is 9.14. The first-order valence-corrected chi connectivity index (χ1v) is 12.1. The first-order chi connectivity index (χ1) is 16.6. The van der Waals surface area contributed by atoms with E-state index < -0.39 is 5.91 Å². The summed E-state index contributed by atoms with van der Waals surface area (Å²) in [5.41, 5.74) is 12.0. The van der Waals surface area contributed by atoms with Crippen molar-refractivity contribution in [1.82, 2.24) is 20.1 Å². The molecule has 6 heteroatoms. The molecule has 4 aromatic rings. The molecule has 0 saturated heterocycles. The van der Waals surface area contributed by atoms with Crippen LogP contribution >= 0.6 is 0 Å². The minimum Gasteiger partial charge on any atom is -0.388 e. The quantitative estimate of drug-likeness (QED) is 0.351. The summed E-state index contributed by atoms with van der Waals surface area (Å²) in [6.07, 6.45) is 15.7. The Hall–Kier alpha value is -3.80. The number of nitrogens with one attached hydrogen (secondary N) is 2. The molecular weight excluding hydrogens is 422 g/mol. The van der Waals surface area contributed by atoms with E-state index in [4.69, 9.17) is 5.73 Å². The minimum absolute atomic E-state index is 0.303. The highest BCUT2D eigenvalue weighted by Gasteiger charge is 2.21. The van der Waals surface area contributed by atoms with E-state index in [9.17, 15) is 4.79 Å². The minimum atomic E-state index is -0.394. The summed E-state index contributed by atoms with van der Waals surface area (Å²) in [6, 6.07) is 14.6. The fraction of sp³-hybridized carbons (Fsp3) is 0.286. The Kier molecular flexibility index (Phi) is 6.21. The summed E-state index contributed by atoms with van der Waals surface area (Å²) in [5, 5.41) is 9.18. The van der Waals surface area contributed by atoms with Crippen LogP contribution in [-0.2, 0) is 12.8 Å². The molecule has 174 valence electrons. The summed E-state index contributed by atoms with van der Waals surface area (Å²) in [7, 11) is 0. The number of aryl methyl sites for hydroxylation is 2. The van der Waals surface area contributed by atoms with Gasteiger partial charge in [-0.2, -0.15) is 5.10 Å². The highest BCUT2D eigenvalue weighted by molar-refractivity contribution is 5.98. The molecule has 0 radical (unpaired) electrons. The van der Waals surface area contributed by atoms with Gasteiger partial charge in [0, 0.05) is 40.8 Å². The number of primary amides is 1. The lowest BCUT2D eigenvalue weighted by Gasteiger charge is -2.26. The van der Waals surface area contributed by atoms with Crippen LogP contribution in [0.1, 0.15) is 59.2 Å². The van der Waals surface area contributed by atoms with Gasteiger partial charge in [-0.05, 0) is 85.3 Å². The molecular formula is C28H31N5O. The first kappa shape index (κ1) is 22.0. The van der Waals surface area contributed by atoms with Crippen molar-refractivity contribution in [1.29, 1.82) is 0 Å². The number of amides is 1. The molecule has 2 atom stereocenters. The fourth-order valence-corrected chi connectivity index (χ4v) is 4.90. The Morgan fingerprint density at radius 2 is 2.12 bits per heavy atom. The molecule has 0 bridgehead atoms. The maximum absolute atomic E-state index is 11.6. The summed E-state index contributed by atoms with van der Waals surface area (Å²) in [5.74, 6) is -0.0918. The molecule has 5 rings (SSSR count). The molecule has 0 aliphatic carbocycles. The van der Waals surface area contributed by atoms with Gasteiger partial charge in [-0.1, -0.05) is 25.1 Å². The van der Waals surface area contributed by atoms with Crippen LogP contribution in [-0.4, -0.2) is 26.7 Å². The smallest absolute Gasteiger partial charge is 0.248 e. The Morgan fingerprint density at radius 3 is 2.97 bits per heavy atom. The highest BCUT2D eigenvalue weighted by atomic mass is 16.1. The van der Waals surface area contributed by atoms with E-state index in [2.05, 4.69) is 71.3 Å². The van der Waals surface area contributed by atoms with Crippen LogP contribution in [0.4, 0.5) is 0 Å². The second kappa shape index (κ2) is 9.59. The standard InChI is InChI=1S/C28H31N5O/c1-2-19-5-4-8-24(13-19)33-18-20(16-32-33)6-3-7-23-14-21(11-12-30-23)26-17-31-27-10-9-22(28(29)34)15-25(26)27/h4-5,8-13,15-18,21,23,30-31H,2-3,6-7,14H2,1H3,(H2,29,34). The fourth-order valence-electron chi connectivity index (χ4n) is 4.90. The Labute approximate surface area is 199 Å². The number of allylic oxidation sites excluding steroid dienone is 1. The number of carbonyl (C=O) groups is 1. The van der Waals surface area contributed by atoms with Gasteiger partial charge >= 0.3 is 0 Å². The monoisotopic (exact) mass is 453 g/mol. The van der Waals surface area contributed by atoms with Crippen LogP contribution in [0.25, 0.3) is 16.6 Å². The highest BCUT2D eigenvalue weighted by Crippen LogP contribution is 2.33. The van der Waals surface area contributed by atoms with Crippen LogP contribution < -0.4 is 11.1 Å². The lowest BCUT2D eigenvalue weighted by molar-refractivity contribution is 0.100. The lowest BCUT2D eigenvalue weighted by atomic mass is 9.87. The van der Waals surface area contributed by atoms with Gasteiger partial charge in [-0.25, -0.2) is 4.68 Å². The molecule has 2 aromatic heterocycles. The van der Waals surface area contributed by atoms with Crippen molar-refractivity contribution in [2.24, 2.45) is 5.73 Å². The number of carbonyl (C=O) groups excluding carboxylic acids is 1. The molecule has 4 N–H and O–H groups in total. The van der Waals surface area contributed by atoms with Crippen LogP contribution in [0.5, 0.6) is 0 Å². The number of benzene rings is 2. The largest absolute Gasteiger partial charge is 0.388 e. The molecule has 2 aromatic carbocycles. The van der Waals surface area contributed by atoms with Crippen molar-refractivity contribution in [2.45, 2.75) is 51.0 Å². The van der Waals surface area contributed by atoms with Crippen molar-refractivity contribution in [3.05, 3.63) is 95.6 Å². The third-order valence-corrected chi connectivity index (χ3v) is 6.83. The van der Waals surface area contributed by atoms with Crippen molar-refractivity contribution in [2.75, 3.05) is 0 Å². The number of rotatable bonds is 8. The zero-order valence-electron chi connectivity index (χ0n) is 19.5. The van der Waals surface area contributed by atoms with Crippen LogP contribution in [0.3, 0.4) is 0 Å². The van der Waals surface area contributed by atoms with Gasteiger partial charge in [0.1, 0.15) is 0 Å². The molecule has 0 saturated carbocycles. The third kappa shape index (κ3) is 4.62. The number of hydrogen-bond acceptors (Lipinski definition) is 3. The predicted octanol–water partition coefficient (Wildman–Crippen LogP) is 5.00. The average molecular weight is 454 g/mol. The van der Waals surface area contributed by atoms with Gasteiger partial charge < -0.3 is 16.0 Å². The van der Waals surface area contributed by atoms with E-state index >= 15 is 0 Å². The Balaban J connectivity index is 1.20. The molecule has 3 heterocycles. The van der Waals surface area contributed by atoms with Crippen molar-refractivity contribution in [3.8, 4) is 5.69 Å². The summed E-state index contributed by atoms with van der Waals surface area (Å²) < 4.78 is 1.98. The number of nitrogens with zero attached hydrogens (tertiary/aromatic N) is 2. The normalized spacial score (nSPS) is 17.7. The topological polar surface area (TPSA) is 88.7 Å². The summed E-state index contributed by atoms with van der Waals surface area (Å²) in [4.78, 5) is 15.0. The number of fused-ring (bicyclic) bond motifs is 1. The Morgan fingerprint density at radius 1 is 1.21 bits per heavy atom. The van der Waals surface area contributed by atoms with Crippen LogP contribution in [0.15, 0.2) is 73.3 Å². The van der Waals surface area contributed by atoms with E-state index in [0.29, 0.717) is 17.5 Å². The van der Waals surface area contributed by atoms with E-state index in [-0.39, 0.29) is 0 Å². The maximum atomic E-state index is 11.6. The molecule has 1 aliphatic rings. The number of nitrogens with two attached hydrogens (primary N) is 1. The van der Waals surface area contributed by atoms with Gasteiger partial charge in [-0.15, -0.1) is 0 Å². The van der Waals surface area contributed by atoms with Crippen LogP contribution in [0.2, 0.25) is 0 Å². The van der Waals surface area contributed by atoms with E-state index in [1.54, 1.807) is 6.07 Å². The van der Waals surface area contributed by atoms with Gasteiger partial charge in [-0.3, -0.25) is 4.79 Å². The number of aromatic nitrogens is 3.